The zero-order valence-electron chi connectivity index (χ0n) is 10.6. The Morgan fingerprint density at radius 2 is 1.83 bits per heavy atom. The van der Waals surface area contributed by atoms with Gasteiger partial charge in [0.25, 0.3) is 0 Å². The third-order valence-electron chi connectivity index (χ3n) is 2.85. The van der Waals surface area contributed by atoms with Crippen LogP contribution in [-0.4, -0.2) is 9.97 Å². The molecule has 0 amide bonds. The largest absolute Gasteiger partial charge is 0.343 e. The molecule has 0 aliphatic heterocycles. The van der Waals surface area contributed by atoms with Crippen LogP contribution in [0.5, 0.6) is 0 Å². The molecule has 0 bridgehead atoms. The number of benzene rings is 1. The SMILES string of the molecule is Cc1c(-c2ccc(Cl)cc2)[nH]c(C(C)C)nc1=S. The van der Waals surface area contributed by atoms with E-state index in [1.807, 2.05) is 31.2 Å². The number of nitrogens with one attached hydrogen (secondary N) is 1. The number of H-pyrrole nitrogens is 1. The highest BCUT2D eigenvalue weighted by Gasteiger charge is 2.09. The van der Waals surface area contributed by atoms with Gasteiger partial charge in [0.05, 0.1) is 5.69 Å². The van der Waals surface area contributed by atoms with E-state index in [2.05, 4.69) is 23.8 Å². The van der Waals surface area contributed by atoms with Crippen molar-refractivity contribution in [3.63, 3.8) is 0 Å². The molecule has 94 valence electrons. The number of aromatic nitrogens is 2. The van der Waals surface area contributed by atoms with Crippen molar-refractivity contribution in [1.29, 1.82) is 0 Å². The first kappa shape index (κ1) is 13.2. The quantitative estimate of drug-likeness (QED) is 0.792. The average Bonchev–Trinajstić information content (AvgIpc) is 2.33. The molecule has 0 spiro atoms. The molecule has 18 heavy (non-hydrogen) atoms. The van der Waals surface area contributed by atoms with Crippen molar-refractivity contribution < 1.29 is 0 Å². The van der Waals surface area contributed by atoms with Crippen LogP contribution in [-0.2, 0) is 0 Å². The second-order valence-corrected chi connectivity index (χ2v) is 5.41. The highest BCUT2D eigenvalue weighted by Crippen LogP contribution is 2.24. The van der Waals surface area contributed by atoms with Gasteiger partial charge in [0, 0.05) is 16.5 Å². The summed E-state index contributed by atoms with van der Waals surface area (Å²) in [5.41, 5.74) is 3.10. The van der Waals surface area contributed by atoms with Crippen molar-refractivity contribution in [2.24, 2.45) is 0 Å². The molecule has 1 N–H and O–H groups in total. The van der Waals surface area contributed by atoms with Crippen molar-refractivity contribution in [3.05, 3.63) is 45.3 Å². The Bertz CT molecular complexity index is 615. The first-order valence-corrected chi connectivity index (χ1v) is 6.64. The summed E-state index contributed by atoms with van der Waals surface area (Å²) in [4.78, 5) is 7.78. The molecule has 2 aromatic rings. The van der Waals surface area contributed by atoms with E-state index >= 15 is 0 Å². The van der Waals surface area contributed by atoms with Crippen molar-refractivity contribution in [3.8, 4) is 11.3 Å². The van der Waals surface area contributed by atoms with Gasteiger partial charge in [-0.15, -0.1) is 0 Å². The maximum absolute atomic E-state index is 5.91. The van der Waals surface area contributed by atoms with Gasteiger partial charge in [-0.25, -0.2) is 4.98 Å². The number of aromatic amines is 1. The summed E-state index contributed by atoms with van der Waals surface area (Å²) >= 11 is 11.2. The number of nitrogens with zero attached hydrogens (tertiary/aromatic N) is 1. The predicted octanol–water partition coefficient (Wildman–Crippen LogP) is 4.89. The molecule has 0 fully saturated rings. The smallest absolute Gasteiger partial charge is 0.133 e. The van der Waals surface area contributed by atoms with Gasteiger partial charge in [-0.1, -0.05) is 49.8 Å². The van der Waals surface area contributed by atoms with Gasteiger partial charge < -0.3 is 4.98 Å². The van der Waals surface area contributed by atoms with Crippen molar-refractivity contribution in [2.75, 3.05) is 0 Å². The van der Waals surface area contributed by atoms with Gasteiger partial charge in [-0.3, -0.25) is 0 Å². The van der Waals surface area contributed by atoms with Crippen LogP contribution in [0.1, 0.15) is 31.2 Å². The fourth-order valence-electron chi connectivity index (χ4n) is 1.73. The van der Waals surface area contributed by atoms with Gasteiger partial charge in [0.15, 0.2) is 0 Å². The Balaban J connectivity index is 2.63. The summed E-state index contributed by atoms with van der Waals surface area (Å²) in [7, 11) is 0. The van der Waals surface area contributed by atoms with Gasteiger partial charge in [0.2, 0.25) is 0 Å². The maximum atomic E-state index is 5.91. The lowest BCUT2D eigenvalue weighted by Crippen LogP contribution is -2.02. The number of hydrogen-bond donors (Lipinski definition) is 1. The van der Waals surface area contributed by atoms with E-state index in [1.165, 1.54) is 0 Å². The van der Waals surface area contributed by atoms with Crippen LogP contribution >= 0.6 is 23.8 Å². The lowest BCUT2D eigenvalue weighted by molar-refractivity contribution is 0.770. The second-order valence-electron chi connectivity index (χ2n) is 4.59. The first-order chi connectivity index (χ1) is 8.49. The Labute approximate surface area is 117 Å². The van der Waals surface area contributed by atoms with E-state index in [-0.39, 0.29) is 0 Å². The van der Waals surface area contributed by atoms with Crippen LogP contribution in [0.3, 0.4) is 0 Å². The standard InChI is InChI=1S/C14H15ClN2S/c1-8(2)13-16-12(9(3)14(18)17-13)10-4-6-11(15)7-5-10/h4-8H,1-3H3,(H,16,17,18). The van der Waals surface area contributed by atoms with Gasteiger partial charge in [-0.2, -0.15) is 0 Å². The number of rotatable bonds is 2. The van der Waals surface area contributed by atoms with Gasteiger partial charge in [-0.05, 0) is 24.6 Å². The minimum atomic E-state index is 0.318. The Morgan fingerprint density at radius 1 is 1.22 bits per heavy atom. The van der Waals surface area contributed by atoms with E-state index in [0.29, 0.717) is 10.6 Å². The zero-order chi connectivity index (χ0) is 13.3. The zero-order valence-corrected chi connectivity index (χ0v) is 12.2. The molecule has 4 heteroatoms. The molecular weight excluding hydrogens is 264 g/mol. The second kappa shape index (κ2) is 5.21. The highest BCUT2D eigenvalue weighted by atomic mass is 35.5. The van der Waals surface area contributed by atoms with E-state index in [4.69, 9.17) is 23.8 Å². The predicted molar refractivity (Wildman–Crippen MR) is 78.7 cm³/mol. The molecule has 0 unspecified atom stereocenters. The Hall–Kier alpha value is -1.19. The van der Waals surface area contributed by atoms with Gasteiger partial charge >= 0.3 is 0 Å². The summed E-state index contributed by atoms with van der Waals surface area (Å²) in [6.07, 6.45) is 0. The summed E-state index contributed by atoms with van der Waals surface area (Å²) in [6.45, 7) is 6.17. The fraction of sp³-hybridized carbons (Fsp3) is 0.286. The summed E-state index contributed by atoms with van der Waals surface area (Å²) < 4.78 is 0.655. The molecule has 1 aromatic carbocycles. The molecule has 0 aliphatic rings. The lowest BCUT2D eigenvalue weighted by atomic mass is 10.1. The van der Waals surface area contributed by atoms with Crippen molar-refractivity contribution >= 4 is 23.8 Å². The number of hydrogen-bond acceptors (Lipinski definition) is 2. The Kier molecular flexibility index (Phi) is 3.83. The van der Waals surface area contributed by atoms with Crippen LogP contribution < -0.4 is 0 Å². The first-order valence-electron chi connectivity index (χ1n) is 5.86. The van der Waals surface area contributed by atoms with Crippen LogP contribution in [0.25, 0.3) is 11.3 Å². The van der Waals surface area contributed by atoms with E-state index in [9.17, 15) is 0 Å². The maximum Gasteiger partial charge on any atom is 0.133 e. The Morgan fingerprint density at radius 3 is 2.39 bits per heavy atom. The van der Waals surface area contributed by atoms with Crippen LogP contribution in [0, 0.1) is 11.6 Å². The molecular formula is C14H15ClN2S. The van der Waals surface area contributed by atoms with E-state index in [0.717, 1.165) is 27.7 Å². The minimum Gasteiger partial charge on any atom is -0.343 e. The molecule has 0 saturated heterocycles. The minimum absolute atomic E-state index is 0.318. The molecule has 0 saturated carbocycles. The van der Waals surface area contributed by atoms with E-state index < -0.39 is 0 Å². The lowest BCUT2D eigenvalue weighted by Gasteiger charge is -2.11. The molecule has 0 radical (unpaired) electrons. The number of halogens is 1. The van der Waals surface area contributed by atoms with E-state index in [1.54, 1.807) is 0 Å². The third-order valence-corrected chi connectivity index (χ3v) is 3.50. The normalized spacial score (nSPS) is 10.9. The topological polar surface area (TPSA) is 28.7 Å². The van der Waals surface area contributed by atoms with Crippen molar-refractivity contribution in [1.82, 2.24) is 9.97 Å². The molecule has 2 rings (SSSR count). The van der Waals surface area contributed by atoms with Crippen LogP contribution in [0.4, 0.5) is 0 Å². The molecule has 0 atom stereocenters. The van der Waals surface area contributed by atoms with Crippen molar-refractivity contribution in [2.45, 2.75) is 26.7 Å². The highest BCUT2D eigenvalue weighted by molar-refractivity contribution is 7.71. The third kappa shape index (κ3) is 2.62. The summed E-state index contributed by atoms with van der Waals surface area (Å²) in [5.74, 6) is 1.23. The summed E-state index contributed by atoms with van der Waals surface area (Å²) in [6, 6.07) is 7.73. The van der Waals surface area contributed by atoms with Gasteiger partial charge in [0.1, 0.15) is 10.5 Å². The monoisotopic (exact) mass is 278 g/mol. The molecule has 2 nitrogen and oxygen atoms in total. The van der Waals surface area contributed by atoms with Crippen LogP contribution in [0.15, 0.2) is 24.3 Å². The average molecular weight is 279 g/mol. The van der Waals surface area contributed by atoms with Crippen LogP contribution in [0.2, 0.25) is 5.02 Å². The fourth-order valence-corrected chi connectivity index (χ4v) is 2.06. The molecule has 1 heterocycles. The molecule has 0 aliphatic carbocycles. The summed E-state index contributed by atoms with van der Waals surface area (Å²) in [5, 5.41) is 0.730. The molecule has 1 aromatic heterocycles.